The monoisotopic (exact) mass is 485 g/mol. The Hall–Kier alpha value is -4.40. The van der Waals surface area contributed by atoms with Crippen LogP contribution in [0.3, 0.4) is 0 Å². The average Bonchev–Trinajstić information content (AvgIpc) is 3.51. The fourth-order valence-electron chi connectivity index (χ4n) is 4.37. The number of carbonyl (C=O) groups excluding carboxylic acids is 2. The molecule has 0 bridgehead atoms. The number of benzene rings is 3. The first kappa shape index (κ1) is 23.3. The molecule has 0 saturated heterocycles. The maximum atomic E-state index is 13.7. The highest BCUT2D eigenvalue weighted by molar-refractivity contribution is 5.97. The Kier molecular flexibility index (Phi) is 6.53. The number of para-hydroxylation sites is 1. The van der Waals surface area contributed by atoms with Crippen molar-refractivity contribution in [3.63, 3.8) is 0 Å². The van der Waals surface area contributed by atoms with Gasteiger partial charge in [-0.15, -0.1) is 5.10 Å². The molecule has 2 heterocycles. The van der Waals surface area contributed by atoms with Crippen LogP contribution >= 0.6 is 0 Å². The summed E-state index contributed by atoms with van der Waals surface area (Å²) in [5.74, 6) is 0.545. The molecule has 2 amide bonds. The van der Waals surface area contributed by atoms with Crippen LogP contribution in [-0.4, -0.2) is 44.5 Å². The molecular formula is C27H27N5O4. The third-order valence-electron chi connectivity index (χ3n) is 6.10. The highest BCUT2D eigenvalue weighted by atomic mass is 16.7. The van der Waals surface area contributed by atoms with Gasteiger partial charge in [0, 0.05) is 18.3 Å². The number of hydrogen-bond donors (Lipinski definition) is 1. The van der Waals surface area contributed by atoms with Gasteiger partial charge in [0.2, 0.25) is 18.6 Å². The molecule has 0 saturated carbocycles. The molecule has 0 radical (unpaired) electrons. The van der Waals surface area contributed by atoms with E-state index >= 15 is 0 Å². The van der Waals surface area contributed by atoms with Crippen LogP contribution in [0.2, 0.25) is 0 Å². The van der Waals surface area contributed by atoms with Crippen molar-refractivity contribution in [2.75, 3.05) is 12.1 Å². The fraction of sp³-hybridized carbons (Fsp3) is 0.259. The van der Waals surface area contributed by atoms with Crippen molar-refractivity contribution in [2.45, 2.75) is 33.0 Å². The lowest BCUT2D eigenvalue weighted by Crippen LogP contribution is -2.50. The van der Waals surface area contributed by atoms with Crippen LogP contribution in [0.15, 0.2) is 72.8 Å². The number of amides is 2. The van der Waals surface area contributed by atoms with Crippen LogP contribution in [0.25, 0.3) is 11.0 Å². The summed E-state index contributed by atoms with van der Waals surface area (Å²) in [7, 11) is 0. The Labute approximate surface area is 208 Å². The molecule has 5 rings (SSSR count). The molecule has 0 spiro atoms. The summed E-state index contributed by atoms with van der Waals surface area (Å²) in [4.78, 5) is 29.0. The molecule has 1 N–H and O–H groups in total. The largest absolute Gasteiger partial charge is 0.454 e. The van der Waals surface area contributed by atoms with Crippen LogP contribution in [0.5, 0.6) is 11.5 Å². The maximum Gasteiger partial charge on any atom is 0.247 e. The predicted molar refractivity (Wildman–Crippen MR) is 134 cm³/mol. The first-order valence-corrected chi connectivity index (χ1v) is 11.8. The van der Waals surface area contributed by atoms with Gasteiger partial charge in [-0.3, -0.25) is 9.59 Å². The molecule has 0 aliphatic carbocycles. The lowest BCUT2D eigenvalue weighted by molar-refractivity contribution is -0.141. The van der Waals surface area contributed by atoms with Crippen molar-refractivity contribution in [2.24, 2.45) is 5.92 Å². The molecule has 9 nitrogen and oxygen atoms in total. The van der Waals surface area contributed by atoms with Crippen LogP contribution in [0, 0.1) is 5.92 Å². The SMILES string of the molecule is CC(C)[C@@H](C(=O)Nc1ccc2c(c1)OCO2)N(Cc1ccccc1)C(=O)Cn1nnc2ccccc21. The third kappa shape index (κ3) is 4.86. The number of rotatable bonds is 8. The fourth-order valence-corrected chi connectivity index (χ4v) is 4.37. The van der Waals surface area contributed by atoms with Gasteiger partial charge in [-0.05, 0) is 35.7 Å². The minimum Gasteiger partial charge on any atom is -0.454 e. The quantitative estimate of drug-likeness (QED) is 0.407. The van der Waals surface area contributed by atoms with E-state index in [0.717, 1.165) is 11.1 Å². The van der Waals surface area contributed by atoms with E-state index in [1.165, 1.54) is 0 Å². The Morgan fingerprint density at radius 2 is 1.75 bits per heavy atom. The zero-order valence-electron chi connectivity index (χ0n) is 20.1. The highest BCUT2D eigenvalue weighted by Crippen LogP contribution is 2.34. The molecule has 0 fully saturated rings. The number of hydrogen-bond acceptors (Lipinski definition) is 6. The molecule has 1 atom stereocenters. The first-order chi connectivity index (χ1) is 17.5. The van der Waals surface area contributed by atoms with E-state index in [1.807, 2.05) is 68.4 Å². The standard InChI is InChI=1S/C27H27N5O4/c1-18(2)26(27(34)28-20-12-13-23-24(14-20)36-17-35-23)31(15-19-8-4-3-5-9-19)25(33)16-32-22-11-7-6-10-21(22)29-30-32/h3-14,18,26H,15-17H2,1-2H3,(H,28,34)/t26-/m0/s1. The highest BCUT2D eigenvalue weighted by Gasteiger charge is 2.33. The summed E-state index contributed by atoms with van der Waals surface area (Å²) in [6, 6.07) is 21.6. The van der Waals surface area contributed by atoms with Crippen molar-refractivity contribution in [1.82, 2.24) is 19.9 Å². The van der Waals surface area contributed by atoms with Crippen molar-refractivity contribution < 1.29 is 19.1 Å². The van der Waals surface area contributed by atoms with Gasteiger partial charge in [0.05, 0.1) is 5.52 Å². The van der Waals surface area contributed by atoms with Crippen molar-refractivity contribution in [1.29, 1.82) is 0 Å². The summed E-state index contributed by atoms with van der Waals surface area (Å²) in [5.41, 5.74) is 2.97. The minimum atomic E-state index is -0.724. The molecule has 0 unspecified atom stereocenters. The van der Waals surface area contributed by atoms with Gasteiger partial charge in [0.1, 0.15) is 18.1 Å². The third-order valence-corrected chi connectivity index (χ3v) is 6.10. The molecule has 1 aliphatic rings. The second-order valence-corrected chi connectivity index (χ2v) is 8.99. The predicted octanol–water partition coefficient (Wildman–Crippen LogP) is 3.85. The van der Waals surface area contributed by atoms with Crippen LogP contribution in [0.1, 0.15) is 19.4 Å². The van der Waals surface area contributed by atoms with Crippen LogP contribution in [-0.2, 0) is 22.7 Å². The molecule has 184 valence electrons. The lowest BCUT2D eigenvalue weighted by atomic mass is 10.00. The number of fused-ring (bicyclic) bond motifs is 2. The molecular weight excluding hydrogens is 458 g/mol. The van der Waals surface area contributed by atoms with E-state index < -0.39 is 6.04 Å². The maximum absolute atomic E-state index is 13.7. The summed E-state index contributed by atoms with van der Waals surface area (Å²) < 4.78 is 12.4. The normalized spacial score (nSPS) is 13.1. The topological polar surface area (TPSA) is 98.6 Å². The molecule has 1 aliphatic heterocycles. The van der Waals surface area contributed by atoms with Crippen molar-refractivity contribution >= 4 is 28.5 Å². The molecule has 9 heteroatoms. The van der Waals surface area contributed by atoms with E-state index in [2.05, 4.69) is 15.6 Å². The average molecular weight is 486 g/mol. The van der Waals surface area contributed by atoms with Crippen molar-refractivity contribution in [3.8, 4) is 11.5 Å². The number of ether oxygens (including phenoxy) is 2. The van der Waals surface area contributed by atoms with Crippen LogP contribution < -0.4 is 14.8 Å². The summed E-state index contributed by atoms with van der Waals surface area (Å²) in [6.45, 7) is 4.26. The first-order valence-electron chi connectivity index (χ1n) is 11.8. The molecule has 1 aromatic heterocycles. The Morgan fingerprint density at radius 3 is 2.56 bits per heavy atom. The smallest absolute Gasteiger partial charge is 0.247 e. The van der Waals surface area contributed by atoms with Gasteiger partial charge in [0.25, 0.3) is 0 Å². The van der Waals surface area contributed by atoms with E-state index in [1.54, 1.807) is 27.8 Å². The van der Waals surface area contributed by atoms with E-state index in [-0.39, 0.29) is 37.6 Å². The zero-order valence-corrected chi connectivity index (χ0v) is 20.1. The Balaban J connectivity index is 1.43. The van der Waals surface area contributed by atoms with Crippen molar-refractivity contribution in [3.05, 3.63) is 78.4 Å². The number of nitrogens with zero attached hydrogens (tertiary/aromatic N) is 4. The van der Waals surface area contributed by atoms with Gasteiger partial charge < -0.3 is 19.7 Å². The van der Waals surface area contributed by atoms with Crippen LogP contribution in [0.4, 0.5) is 5.69 Å². The Morgan fingerprint density at radius 1 is 1.00 bits per heavy atom. The van der Waals surface area contributed by atoms with Gasteiger partial charge in [-0.25, -0.2) is 4.68 Å². The summed E-state index contributed by atoms with van der Waals surface area (Å²) in [5, 5.41) is 11.3. The van der Waals surface area contributed by atoms with E-state index in [9.17, 15) is 9.59 Å². The zero-order chi connectivity index (χ0) is 25.1. The van der Waals surface area contributed by atoms with E-state index in [0.29, 0.717) is 22.7 Å². The second-order valence-electron chi connectivity index (χ2n) is 8.99. The van der Waals surface area contributed by atoms with E-state index in [4.69, 9.17) is 9.47 Å². The second kappa shape index (κ2) is 10.1. The van der Waals surface area contributed by atoms with Gasteiger partial charge in [0.15, 0.2) is 11.5 Å². The molecule has 3 aromatic carbocycles. The summed E-state index contributed by atoms with van der Waals surface area (Å²) >= 11 is 0. The van der Waals surface area contributed by atoms with Gasteiger partial charge in [-0.1, -0.05) is 61.5 Å². The number of anilines is 1. The minimum absolute atomic E-state index is 0.0339. The lowest BCUT2D eigenvalue weighted by Gasteiger charge is -2.33. The van der Waals surface area contributed by atoms with Gasteiger partial charge >= 0.3 is 0 Å². The Bertz CT molecular complexity index is 1390. The molecule has 36 heavy (non-hydrogen) atoms. The summed E-state index contributed by atoms with van der Waals surface area (Å²) in [6.07, 6.45) is 0. The number of carbonyl (C=O) groups is 2. The van der Waals surface area contributed by atoms with Gasteiger partial charge in [-0.2, -0.15) is 0 Å². The number of nitrogens with one attached hydrogen (secondary N) is 1. The number of aromatic nitrogens is 3. The molecule has 4 aromatic rings.